The van der Waals surface area contributed by atoms with E-state index in [4.69, 9.17) is 4.74 Å². The molecular formula is C14H14O4. The van der Waals surface area contributed by atoms with Gasteiger partial charge in [0.25, 0.3) is 0 Å². The Labute approximate surface area is 105 Å². The van der Waals surface area contributed by atoms with Crippen molar-refractivity contribution in [2.45, 2.75) is 6.92 Å². The summed E-state index contributed by atoms with van der Waals surface area (Å²) in [6.07, 6.45) is 0. The second-order valence-electron chi connectivity index (χ2n) is 3.71. The molecule has 1 saturated heterocycles. The van der Waals surface area contributed by atoms with Gasteiger partial charge in [-0.3, -0.25) is 4.79 Å². The maximum absolute atomic E-state index is 10.8. The van der Waals surface area contributed by atoms with Crippen LogP contribution in [0.5, 0.6) is 5.75 Å². The van der Waals surface area contributed by atoms with E-state index in [2.05, 4.69) is 9.78 Å². The van der Waals surface area contributed by atoms with Crippen LogP contribution >= 0.6 is 0 Å². The molecule has 2 aromatic rings. The van der Waals surface area contributed by atoms with E-state index in [-0.39, 0.29) is 5.97 Å². The zero-order valence-corrected chi connectivity index (χ0v) is 10.1. The number of fused-ring (bicyclic) bond motifs is 1. The Hall–Kier alpha value is -1.91. The summed E-state index contributed by atoms with van der Waals surface area (Å²) in [5.41, 5.74) is 0. The molecule has 4 nitrogen and oxygen atoms in total. The fourth-order valence-corrected chi connectivity index (χ4v) is 1.52. The second-order valence-corrected chi connectivity index (χ2v) is 3.71. The highest BCUT2D eigenvalue weighted by Gasteiger charge is 2.02. The SMILES string of the molecule is C1COO1.CC(=O)Oc1cccc2ccccc12. The predicted molar refractivity (Wildman–Crippen MR) is 67.2 cm³/mol. The van der Waals surface area contributed by atoms with Gasteiger partial charge in [-0.05, 0) is 11.5 Å². The average molecular weight is 246 g/mol. The summed E-state index contributed by atoms with van der Waals surface area (Å²) in [5, 5.41) is 2.04. The van der Waals surface area contributed by atoms with Crippen LogP contribution in [0, 0.1) is 0 Å². The zero-order chi connectivity index (χ0) is 12.8. The van der Waals surface area contributed by atoms with Crippen LogP contribution in [0.25, 0.3) is 10.8 Å². The average Bonchev–Trinajstić information content (AvgIpc) is 2.26. The van der Waals surface area contributed by atoms with E-state index in [9.17, 15) is 4.79 Å². The Morgan fingerprint density at radius 1 is 1.06 bits per heavy atom. The second kappa shape index (κ2) is 6.14. The Morgan fingerprint density at radius 2 is 1.67 bits per heavy atom. The third-order valence-electron chi connectivity index (χ3n) is 2.34. The summed E-state index contributed by atoms with van der Waals surface area (Å²) in [5.74, 6) is 0.331. The number of ether oxygens (including phenoxy) is 1. The van der Waals surface area contributed by atoms with Gasteiger partial charge in [-0.1, -0.05) is 36.4 Å². The van der Waals surface area contributed by atoms with Gasteiger partial charge in [0.05, 0.1) is 0 Å². The smallest absolute Gasteiger partial charge is 0.308 e. The fraction of sp³-hybridized carbons (Fsp3) is 0.214. The highest BCUT2D eigenvalue weighted by molar-refractivity contribution is 5.90. The lowest BCUT2D eigenvalue weighted by Gasteiger charge is -2.08. The lowest BCUT2D eigenvalue weighted by Crippen LogP contribution is -2.14. The van der Waals surface area contributed by atoms with Crippen LogP contribution in [0.4, 0.5) is 0 Å². The molecule has 0 radical (unpaired) electrons. The van der Waals surface area contributed by atoms with E-state index in [1.54, 1.807) is 6.07 Å². The molecule has 18 heavy (non-hydrogen) atoms. The van der Waals surface area contributed by atoms with E-state index in [0.29, 0.717) is 5.75 Å². The zero-order valence-electron chi connectivity index (χ0n) is 10.1. The van der Waals surface area contributed by atoms with Crippen LogP contribution in [0.2, 0.25) is 0 Å². The highest BCUT2D eigenvalue weighted by Crippen LogP contribution is 2.24. The van der Waals surface area contributed by atoms with Crippen LogP contribution in [0.15, 0.2) is 42.5 Å². The first-order valence-corrected chi connectivity index (χ1v) is 5.68. The summed E-state index contributed by atoms with van der Waals surface area (Å²) in [4.78, 5) is 19.3. The summed E-state index contributed by atoms with van der Waals surface area (Å²) in [6.45, 7) is 2.96. The van der Waals surface area contributed by atoms with Crippen molar-refractivity contribution in [3.05, 3.63) is 42.5 Å². The van der Waals surface area contributed by atoms with Crippen molar-refractivity contribution < 1.29 is 19.3 Å². The first-order chi connectivity index (χ1) is 8.77. The molecule has 94 valence electrons. The van der Waals surface area contributed by atoms with E-state index in [1.807, 2.05) is 36.4 Å². The molecule has 0 N–H and O–H groups in total. The van der Waals surface area contributed by atoms with Crippen LogP contribution in [-0.2, 0) is 14.6 Å². The van der Waals surface area contributed by atoms with Gasteiger partial charge < -0.3 is 4.74 Å². The van der Waals surface area contributed by atoms with E-state index >= 15 is 0 Å². The minimum atomic E-state index is -0.290. The van der Waals surface area contributed by atoms with Gasteiger partial charge in [0, 0.05) is 12.3 Å². The van der Waals surface area contributed by atoms with Crippen LogP contribution in [0.1, 0.15) is 6.92 Å². The van der Waals surface area contributed by atoms with E-state index < -0.39 is 0 Å². The number of hydrogen-bond donors (Lipinski definition) is 0. The van der Waals surface area contributed by atoms with Crippen molar-refractivity contribution in [3.63, 3.8) is 0 Å². The van der Waals surface area contributed by atoms with Gasteiger partial charge in [0.2, 0.25) is 0 Å². The van der Waals surface area contributed by atoms with Crippen LogP contribution in [-0.4, -0.2) is 19.2 Å². The Bertz CT molecular complexity index is 523. The minimum absolute atomic E-state index is 0.290. The van der Waals surface area contributed by atoms with E-state index in [1.165, 1.54) is 6.92 Å². The number of carbonyl (C=O) groups is 1. The fourth-order valence-electron chi connectivity index (χ4n) is 1.52. The summed E-state index contributed by atoms with van der Waals surface area (Å²) >= 11 is 0. The topological polar surface area (TPSA) is 44.8 Å². The first-order valence-electron chi connectivity index (χ1n) is 5.68. The Morgan fingerprint density at radius 3 is 2.28 bits per heavy atom. The minimum Gasteiger partial charge on any atom is -0.426 e. The highest BCUT2D eigenvalue weighted by atomic mass is 17.2. The molecular weight excluding hydrogens is 232 g/mol. The number of benzene rings is 2. The quantitative estimate of drug-likeness (QED) is 0.441. The summed E-state index contributed by atoms with van der Waals surface area (Å²) < 4.78 is 5.09. The molecule has 0 aromatic heterocycles. The predicted octanol–water partition coefficient (Wildman–Crippen LogP) is 2.71. The standard InChI is InChI=1S/C12H10O2.C2H4O2/c1-9(13)14-12-8-4-6-10-5-2-3-7-11(10)12;1-2-4-3-1/h2-8H,1H3;1-2H2. The number of carbonyl (C=O) groups excluding carboxylic acids is 1. The molecule has 0 bridgehead atoms. The lowest BCUT2D eigenvalue weighted by atomic mass is 10.1. The molecule has 1 aliphatic rings. The molecule has 3 rings (SSSR count). The Balaban J connectivity index is 0.000000256. The van der Waals surface area contributed by atoms with Gasteiger partial charge in [-0.15, -0.1) is 0 Å². The molecule has 0 spiro atoms. The Kier molecular flexibility index (Phi) is 4.28. The number of esters is 1. The van der Waals surface area contributed by atoms with Crippen LogP contribution in [0.3, 0.4) is 0 Å². The van der Waals surface area contributed by atoms with Crippen molar-refractivity contribution in [2.24, 2.45) is 0 Å². The van der Waals surface area contributed by atoms with Crippen molar-refractivity contribution >= 4 is 16.7 Å². The van der Waals surface area contributed by atoms with Gasteiger partial charge in [0.15, 0.2) is 0 Å². The third-order valence-corrected chi connectivity index (χ3v) is 2.34. The van der Waals surface area contributed by atoms with Gasteiger partial charge >= 0.3 is 5.97 Å². The van der Waals surface area contributed by atoms with Crippen LogP contribution < -0.4 is 4.74 Å². The first kappa shape index (κ1) is 12.5. The van der Waals surface area contributed by atoms with Crippen molar-refractivity contribution in [1.82, 2.24) is 0 Å². The molecule has 1 heterocycles. The molecule has 1 fully saturated rings. The van der Waals surface area contributed by atoms with Crippen molar-refractivity contribution in [1.29, 1.82) is 0 Å². The number of hydrogen-bond acceptors (Lipinski definition) is 4. The summed E-state index contributed by atoms with van der Waals surface area (Å²) in [7, 11) is 0. The van der Waals surface area contributed by atoms with Gasteiger partial charge in [-0.2, -0.15) is 0 Å². The summed E-state index contributed by atoms with van der Waals surface area (Å²) in [6, 6.07) is 13.5. The van der Waals surface area contributed by atoms with Gasteiger partial charge in [-0.25, -0.2) is 9.78 Å². The molecule has 0 unspecified atom stereocenters. The molecule has 4 heteroatoms. The lowest BCUT2D eigenvalue weighted by molar-refractivity contribution is -0.382. The van der Waals surface area contributed by atoms with E-state index in [0.717, 1.165) is 24.0 Å². The van der Waals surface area contributed by atoms with Crippen molar-refractivity contribution in [3.8, 4) is 5.75 Å². The molecule has 2 aromatic carbocycles. The molecule has 0 saturated carbocycles. The van der Waals surface area contributed by atoms with Crippen molar-refractivity contribution in [2.75, 3.05) is 13.2 Å². The maximum Gasteiger partial charge on any atom is 0.308 e. The third kappa shape index (κ3) is 3.29. The molecule has 0 amide bonds. The normalized spacial score (nSPS) is 13.2. The molecule has 0 aliphatic carbocycles. The molecule has 1 aliphatic heterocycles. The van der Waals surface area contributed by atoms with Gasteiger partial charge in [0.1, 0.15) is 19.0 Å². The number of rotatable bonds is 1. The maximum atomic E-state index is 10.8. The molecule has 0 atom stereocenters. The largest absolute Gasteiger partial charge is 0.426 e. The monoisotopic (exact) mass is 246 g/mol.